The third-order valence-corrected chi connectivity index (χ3v) is 5.30. The van der Waals surface area contributed by atoms with Crippen LogP contribution in [0.25, 0.3) is 10.4 Å². The molecule has 1 aromatic rings. The number of carbonyl (C=O) groups is 1. The van der Waals surface area contributed by atoms with Gasteiger partial charge < -0.3 is 5.11 Å². The van der Waals surface area contributed by atoms with Gasteiger partial charge in [0.15, 0.2) is 4.90 Å². The number of benzene rings is 1. The first-order valence-electron chi connectivity index (χ1n) is 6.31. The number of azide groups is 1. The van der Waals surface area contributed by atoms with Crippen molar-refractivity contribution in [2.45, 2.75) is 23.4 Å². The van der Waals surface area contributed by atoms with Crippen molar-refractivity contribution in [2.24, 2.45) is 5.11 Å². The van der Waals surface area contributed by atoms with E-state index in [1.54, 1.807) is 0 Å². The third-order valence-electron chi connectivity index (χ3n) is 3.38. The van der Waals surface area contributed by atoms with Gasteiger partial charge in [0, 0.05) is 17.5 Å². The largest absolute Gasteiger partial charge is 0.480 e. The van der Waals surface area contributed by atoms with Gasteiger partial charge in [0.05, 0.1) is 11.0 Å². The Morgan fingerprint density at radius 3 is 2.70 bits per heavy atom. The molecule has 0 bridgehead atoms. The van der Waals surface area contributed by atoms with E-state index in [0.717, 1.165) is 12.1 Å². The maximum Gasteiger partial charge on any atom is 0.322 e. The summed E-state index contributed by atoms with van der Waals surface area (Å²) < 4.78 is 25.9. The molecule has 2 atom stereocenters. The molecule has 1 aromatic carbocycles. The number of nitro benzene ring substituents is 1. The highest BCUT2D eigenvalue weighted by Crippen LogP contribution is 2.32. The Morgan fingerprint density at radius 1 is 1.48 bits per heavy atom. The second-order valence-corrected chi connectivity index (χ2v) is 6.61. The molecule has 12 heteroatoms. The second-order valence-electron chi connectivity index (χ2n) is 4.75. The topological polar surface area (TPSA) is 167 Å². The van der Waals surface area contributed by atoms with Crippen LogP contribution in [-0.4, -0.2) is 47.4 Å². The maximum atomic E-state index is 12.6. The van der Waals surface area contributed by atoms with Gasteiger partial charge >= 0.3 is 5.97 Å². The molecular formula is C11H11N5O6S. The van der Waals surface area contributed by atoms with Crippen molar-refractivity contribution in [1.29, 1.82) is 0 Å². The van der Waals surface area contributed by atoms with E-state index in [1.165, 1.54) is 12.1 Å². The van der Waals surface area contributed by atoms with Crippen LogP contribution in [0.2, 0.25) is 0 Å². The van der Waals surface area contributed by atoms with Crippen LogP contribution in [-0.2, 0) is 14.8 Å². The minimum Gasteiger partial charge on any atom is -0.480 e. The van der Waals surface area contributed by atoms with E-state index in [2.05, 4.69) is 10.0 Å². The van der Waals surface area contributed by atoms with Gasteiger partial charge in [-0.05, 0) is 18.0 Å². The zero-order chi connectivity index (χ0) is 17.2. The fourth-order valence-corrected chi connectivity index (χ4v) is 4.17. The number of sulfonamides is 1. The first-order chi connectivity index (χ1) is 10.8. The van der Waals surface area contributed by atoms with E-state index in [4.69, 9.17) is 5.53 Å². The first kappa shape index (κ1) is 16.7. The Balaban J connectivity index is 2.52. The molecule has 1 fully saturated rings. The molecule has 23 heavy (non-hydrogen) atoms. The second kappa shape index (κ2) is 6.20. The monoisotopic (exact) mass is 341 g/mol. The van der Waals surface area contributed by atoms with E-state index in [0.29, 0.717) is 4.31 Å². The Morgan fingerprint density at radius 2 is 2.13 bits per heavy atom. The first-order valence-corrected chi connectivity index (χ1v) is 7.75. The lowest BCUT2D eigenvalue weighted by atomic mass is 10.2. The van der Waals surface area contributed by atoms with Gasteiger partial charge in [-0.15, -0.1) is 0 Å². The van der Waals surface area contributed by atoms with Gasteiger partial charge in [-0.25, -0.2) is 8.42 Å². The highest BCUT2D eigenvalue weighted by atomic mass is 32.2. The number of rotatable bonds is 5. The van der Waals surface area contributed by atoms with Crippen molar-refractivity contribution < 1.29 is 23.2 Å². The molecule has 1 saturated heterocycles. The number of nitro groups is 1. The van der Waals surface area contributed by atoms with Crippen LogP contribution in [0.4, 0.5) is 5.69 Å². The van der Waals surface area contributed by atoms with E-state index < -0.39 is 43.6 Å². The maximum absolute atomic E-state index is 12.6. The smallest absolute Gasteiger partial charge is 0.322 e. The summed E-state index contributed by atoms with van der Waals surface area (Å²) in [5.41, 5.74) is 7.78. The van der Waals surface area contributed by atoms with Gasteiger partial charge in [-0.1, -0.05) is 17.2 Å². The van der Waals surface area contributed by atoms with Crippen molar-refractivity contribution >= 4 is 21.7 Å². The quantitative estimate of drug-likeness (QED) is 0.277. The number of para-hydroxylation sites is 1. The van der Waals surface area contributed by atoms with Crippen molar-refractivity contribution in [1.82, 2.24) is 4.31 Å². The number of carboxylic acids is 1. The van der Waals surface area contributed by atoms with Crippen molar-refractivity contribution in [3.8, 4) is 0 Å². The Bertz CT molecular complexity index is 803. The Labute approximate surface area is 130 Å². The zero-order valence-electron chi connectivity index (χ0n) is 11.5. The summed E-state index contributed by atoms with van der Waals surface area (Å²) in [5, 5.41) is 23.5. The van der Waals surface area contributed by atoms with Crippen LogP contribution in [0, 0.1) is 10.1 Å². The van der Waals surface area contributed by atoms with E-state index in [9.17, 15) is 28.4 Å². The van der Waals surface area contributed by atoms with Crippen LogP contribution in [0.1, 0.15) is 6.42 Å². The summed E-state index contributed by atoms with van der Waals surface area (Å²) in [6.07, 6.45) is -0.195. The molecule has 11 nitrogen and oxygen atoms in total. The molecule has 0 aromatic heterocycles. The molecule has 1 N–H and O–H groups in total. The van der Waals surface area contributed by atoms with Crippen molar-refractivity contribution in [3.63, 3.8) is 0 Å². The molecule has 1 aliphatic heterocycles. The van der Waals surface area contributed by atoms with Crippen LogP contribution in [0.3, 0.4) is 0 Å². The molecule has 0 aliphatic carbocycles. The number of carboxylic acid groups (broad SMARTS) is 1. The predicted molar refractivity (Wildman–Crippen MR) is 76.0 cm³/mol. The zero-order valence-corrected chi connectivity index (χ0v) is 12.3. The normalized spacial score (nSPS) is 21.6. The standard InChI is InChI=1S/C11H11N5O6S/c12-14-13-7-5-9(11(17)18)15(6-7)23(21,22)10-4-2-1-3-8(10)16(19)20/h1-4,7,9H,5-6H2,(H,17,18). The van der Waals surface area contributed by atoms with Crippen LogP contribution in [0.5, 0.6) is 0 Å². The average molecular weight is 341 g/mol. The Kier molecular flexibility index (Phi) is 4.50. The Hall–Kier alpha value is -2.69. The fourth-order valence-electron chi connectivity index (χ4n) is 2.38. The predicted octanol–water partition coefficient (Wildman–Crippen LogP) is 1.12. The van der Waals surface area contributed by atoms with E-state index >= 15 is 0 Å². The fraction of sp³-hybridized carbons (Fsp3) is 0.364. The molecule has 0 saturated carbocycles. The van der Waals surface area contributed by atoms with Crippen molar-refractivity contribution in [2.75, 3.05) is 6.54 Å². The summed E-state index contributed by atoms with van der Waals surface area (Å²) in [6.45, 7) is -0.352. The van der Waals surface area contributed by atoms with Gasteiger partial charge in [-0.3, -0.25) is 14.9 Å². The number of hydrogen-bond donors (Lipinski definition) is 1. The molecule has 1 aliphatic rings. The summed E-state index contributed by atoms with van der Waals surface area (Å²) in [7, 11) is -4.43. The molecule has 2 rings (SSSR count). The lowest BCUT2D eigenvalue weighted by Crippen LogP contribution is -2.40. The molecule has 0 spiro atoms. The van der Waals surface area contributed by atoms with E-state index in [1.807, 2.05) is 0 Å². The molecular weight excluding hydrogens is 330 g/mol. The molecule has 1 heterocycles. The molecule has 0 radical (unpaired) electrons. The van der Waals surface area contributed by atoms with Crippen LogP contribution >= 0.6 is 0 Å². The highest BCUT2D eigenvalue weighted by molar-refractivity contribution is 7.89. The van der Waals surface area contributed by atoms with Crippen LogP contribution in [0.15, 0.2) is 34.3 Å². The molecule has 122 valence electrons. The highest BCUT2D eigenvalue weighted by Gasteiger charge is 2.45. The lowest BCUT2D eigenvalue weighted by Gasteiger charge is -2.20. The third kappa shape index (κ3) is 3.08. The summed E-state index contributed by atoms with van der Waals surface area (Å²) in [6, 6.07) is 2.36. The SMILES string of the molecule is [N-]=[N+]=NC1CC(C(=O)O)N(S(=O)(=O)c2ccccc2[N+](=O)[O-])C1. The number of nitrogens with zero attached hydrogens (tertiary/aromatic N) is 5. The minimum absolute atomic E-state index is 0.195. The lowest BCUT2D eigenvalue weighted by molar-refractivity contribution is -0.387. The number of hydrogen-bond acceptors (Lipinski definition) is 6. The molecule has 2 unspecified atom stereocenters. The van der Waals surface area contributed by atoms with Gasteiger partial charge in [0.2, 0.25) is 0 Å². The summed E-state index contributed by atoms with van der Waals surface area (Å²) >= 11 is 0. The summed E-state index contributed by atoms with van der Waals surface area (Å²) in [4.78, 5) is 23.4. The summed E-state index contributed by atoms with van der Waals surface area (Å²) in [5.74, 6) is -1.41. The van der Waals surface area contributed by atoms with Crippen LogP contribution < -0.4 is 0 Å². The van der Waals surface area contributed by atoms with Crippen molar-refractivity contribution in [3.05, 3.63) is 44.8 Å². The van der Waals surface area contributed by atoms with Gasteiger partial charge in [0.1, 0.15) is 6.04 Å². The molecule has 0 amide bonds. The van der Waals surface area contributed by atoms with E-state index in [-0.39, 0.29) is 13.0 Å². The van der Waals surface area contributed by atoms with Gasteiger partial charge in [0.25, 0.3) is 15.7 Å². The van der Waals surface area contributed by atoms with Gasteiger partial charge in [-0.2, -0.15) is 4.31 Å². The average Bonchev–Trinajstić information content (AvgIpc) is 2.92. The minimum atomic E-state index is -4.43. The number of aliphatic carboxylic acids is 1.